The first-order valence-electron chi connectivity index (χ1n) is 5.49. The molecule has 0 radical (unpaired) electrons. The van der Waals surface area contributed by atoms with E-state index in [9.17, 15) is 0 Å². The highest BCUT2D eigenvalue weighted by Crippen LogP contribution is 2.24. The largest absolute Gasteiger partial charge is 0.469 e. The van der Waals surface area contributed by atoms with Crippen molar-refractivity contribution in [3.8, 4) is 0 Å². The van der Waals surface area contributed by atoms with Crippen molar-refractivity contribution in [1.82, 2.24) is 15.1 Å². The number of aryl methyl sites for hydroxylation is 2. The van der Waals surface area contributed by atoms with Crippen molar-refractivity contribution in [3.05, 3.63) is 41.6 Å². The van der Waals surface area contributed by atoms with Gasteiger partial charge in [0, 0.05) is 23.9 Å². The zero-order valence-electron chi connectivity index (χ0n) is 9.90. The minimum atomic E-state index is 0.152. The van der Waals surface area contributed by atoms with Crippen LogP contribution in [-0.4, -0.2) is 16.8 Å². The fourth-order valence-electron chi connectivity index (χ4n) is 1.90. The Kier molecular flexibility index (Phi) is 3.10. The summed E-state index contributed by atoms with van der Waals surface area (Å²) in [5.74, 6) is 0.948. The number of rotatable bonds is 4. The number of nitrogens with zero attached hydrogens (tertiary/aromatic N) is 2. The highest BCUT2D eigenvalue weighted by atomic mass is 16.3. The molecule has 0 saturated heterocycles. The fraction of sp³-hybridized carbons (Fsp3) is 0.417. The number of hydrogen-bond donors (Lipinski definition) is 1. The van der Waals surface area contributed by atoms with E-state index < -0.39 is 0 Å². The second kappa shape index (κ2) is 4.53. The predicted molar refractivity (Wildman–Crippen MR) is 62.2 cm³/mol. The highest BCUT2D eigenvalue weighted by Gasteiger charge is 2.17. The van der Waals surface area contributed by atoms with E-state index in [1.165, 1.54) is 0 Å². The van der Waals surface area contributed by atoms with Gasteiger partial charge in [0.15, 0.2) is 0 Å². The average Bonchev–Trinajstić information content (AvgIpc) is 2.90. The van der Waals surface area contributed by atoms with Crippen molar-refractivity contribution in [1.29, 1.82) is 0 Å². The Hall–Kier alpha value is -1.55. The molecule has 2 rings (SSSR count). The summed E-state index contributed by atoms with van der Waals surface area (Å²) in [5.41, 5.74) is 2.33. The monoisotopic (exact) mass is 219 g/mol. The first-order chi connectivity index (χ1) is 7.76. The normalized spacial score (nSPS) is 12.9. The topological polar surface area (TPSA) is 43.0 Å². The smallest absolute Gasteiger partial charge is 0.105 e. The van der Waals surface area contributed by atoms with Crippen LogP contribution in [-0.2, 0) is 6.54 Å². The van der Waals surface area contributed by atoms with Gasteiger partial charge in [0.25, 0.3) is 0 Å². The molecule has 0 amide bonds. The summed E-state index contributed by atoms with van der Waals surface area (Å²) < 4.78 is 7.26. The van der Waals surface area contributed by atoms with Gasteiger partial charge >= 0.3 is 0 Å². The van der Waals surface area contributed by atoms with Crippen molar-refractivity contribution >= 4 is 0 Å². The van der Waals surface area contributed by atoms with Gasteiger partial charge in [0.2, 0.25) is 0 Å². The fourth-order valence-corrected chi connectivity index (χ4v) is 1.90. The van der Waals surface area contributed by atoms with Gasteiger partial charge in [-0.15, -0.1) is 0 Å². The summed E-state index contributed by atoms with van der Waals surface area (Å²) in [6.07, 6.45) is 5.68. The second-order valence-electron chi connectivity index (χ2n) is 3.78. The van der Waals surface area contributed by atoms with E-state index in [4.69, 9.17) is 4.42 Å². The Morgan fingerprint density at radius 3 is 2.88 bits per heavy atom. The van der Waals surface area contributed by atoms with Crippen molar-refractivity contribution in [2.45, 2.75) is 26.4 Å². The minimum Gasteiger partial charge on any atom is -0.469 e. The van der Waals surface area contributed by atoms with E-state index in [1.807, 2.05) is 30.9 Å². The van der Waals surface area contributed by atoms with E-state index in [-0.39, 0.29) is 6.04 Å². The van der Waals surface area contributed by atoms with Crippen LogP contribution in [0.4, 0.5) is 0 Å². The maximum Gasteiger partial charge on any atom is 0.105 e. The van der Waals surface area contributed by atoms with Crippen LogP contribution in [0, 0.1) is 6.92 Å². The summed E-state index contributed by atoms with van der Waals surface area (Å²) in [6.45, 7) is 4.94. The van der Waals surface area contributed by atoms with Gasteiger partial charge in [-0.2, -0.15) is 5.10 Å². The first kappa shape index (κ1) is 11.0. The quantitative estimate of drug-likeness (QED) is 0.856. The van der Waals surface area contributed by atoms with Gasteiger partial charge in [-0.3, -0.25) is 4.68 Å². The van der Waals surface area contributed by atoms with Crippen LogP contribution in [0.15, 0.2) is 29.1 Å². The summed E-state index contributed by atoms with van der Waals surface area (Å²) in [6, 6.07) is 2.15. The molecule has 2 aromatic heterocycles. The third kappa shape index (κ3) is 1.88. The van der Waals surface area contributed by atoms with Crippen LogP contribution >= 0.6 is 0 Å². The molecule has 0 aromatic carbocycles. The van der Waals surface area contributed by atoms with Crippen LogP contribution < -0.4 is 5.32 Å². The van der Waals surface area contributed by atoms with Crippen LogP contribution in [0.1, 0.15) is 29.9 Å². The van der Waals surface area contributed by atoms with E-state index >= 15 is 0 Å². The van der Waals surface area contributed by atoms with Gasteiger partial charge in [-0.25, -0.2) is 0 Å². The maximum atomic E-state index is 5.33. The Labute approximate surface area is 95.3 Å². The molecule has 2 heterocycles. The van der Waals surface area contributed by atoms with Crippen LogP contribution in [0.25, 0.3) is 0 Å². The Morgan fingerprint density at radius 1 is 1.56 bits per heavy atom. The zero-order valence-corrected chi connectivity index (χ0v) is 9.90. The molecule has 86 valence electrons. The molecule has 1 unspecified atom stereocenters. The van der Waals surface area contributed by atoms with Crippen molar-refractivity contribution in [2.75, 3.05) is 7.05 Å². The second-order valence-corrected chi connectivity index (χ2v) is 3.78. The molecule has 0 aliphatic carbocycles. The molecular weight excluding hydrogens is 202 g/mol. The molecule has 0 fully saturated rings. The summed E-state index contributed by atoms with van der Waals surface area (Å²) in [4.78, 5) is 0. The summed E-state index contributed by atoms with van der Waals surface area (Å²) >= 11 is 0. The van der Waals surface area contributed by atoms with Crippen molar-refractivity contribution in [2.24, 2.45) is 0 Å². The number of nitrogens with one attached hydrogen (secondary N) is 1. The maximum absolute atomic E-state index is 5.33. The molecule has 0 aliphatic rings. The first-order valence-corrected chi connectivity index (χ1v) is 5.49. The molecule has 4 heteroatoms. The molecular formula is C12H17N3O. The lowest BCUT2D eigenvalue weighted by atomic mass is 10.0. The number of hydrogen-bond acceptors (Lipinski definition) is 3. The molecule has 4 nitrogen and oxygen atoms in total. The summed E-state index contributed by atoms with van der Waals surface area (Å²) in [7, 11) is 1.94. The van der Waals surface area contributed by atoms with Crippen LogP contribution in [0.5, 0.6) is 0 Å². The SMILES string of the molecule is CCn1cc(C(NC)c2ccoc2C)cn1. The van der Waals surface area contributed by atoms with Gasteiger partial charge in [-0.05, 0) is 27.0 Å². The lowest BCUT2D eigenvalue weighted by Gasteiger charge is -2.13. The molecule has 2 aromatic rings. The van der Waals surface area contributed by atoms with Crippen LogP contribution in [0.3, 0.4) is 0 Å². The van der Waals surface area contributed by atoms with E-state index in [2.05, 4.69) is 23.5 Å². The van der Waals surface area contributed by atoms with Gasteiger partial charge in [0.1, 0.15) is 5.76 Å². The van der Waals surface area contributed by atoms with Gasteiger partial charge < -0.3 is 9.73 Å². The third-order valence-electron chi connectivity index (χ3n) is 2.81. The number of furan rings is 1. The lowest BCUT2D eigenvalue weighted by molar-refractivity contribution is 0.523. The lowest BCUT2D eigenvalue weighted by Crippen LogP contribution is -2.17. The Morgan fingerprint density at radius 2 is 2.38 bits per heavy atom. The van der Waals surface area contributed by atoms with E-state index in [1.54, 1.807) is 6.26 Å². The highest BCUT2D eigenvalue weighted by molar-refractivity contribution is 5.30. The third-order valence-corrected chi connectivity index (χ3v) is 2.81. The van der Waals surface area contributed by atoms with E-state index in [0.29, 0.717) is 0 Å². The van der Waals surface area contributed by atoms with Gasteiger partial charge in [0.05, 0.1) is 18.5 Å². The molecule has 0 bridgehead atoms. The van der Waals surface area contributed by atoms with E-state index in [0.717, 1.165) is 23.4 Å². The van der Waals surface area contributed by atoms with Crippen LogP contribution in [0.2, 0.25) is 0 Å². The standard InChI is InChI=1S/C12H17N3O/c1-4-15-8-10(7-14-15)12(13-3)11-5-6-16-9(11)2/h5-8,12-13H,4H2,1-3H3. The predicted octanol–water partition coefficient (Wildman–Crippen LogP) is 2.11. The van der Waals surface area contributed by atoms with Gasteiger partial charge in [-0.1, -0.05) is 0 Å². The number of aromatic nitrogens is 2. The Bertz CT molecular complexity index is 458. The van der Waals surface area contributed by atoms with Crippen molar-refractivity contribution < 1.29 is 4.42 Å². The van der Waals surface area contributed by atoms with Crippen molar-refractivity contribution in [3.63, 3.8) is 0 Å². The molecule has 0 saturated carbocycles. The molecule has 1 atom stereocenters. The average molecular weight is 219 g/mol. The Balaban J connectivity index is 2.32. The molecule has 16 heavy (non-hydrogen) atoms. The molecule has 0 spiro atoms. The molecule has 1 N–H and O–H groups in total. The minimum absolute atomic E-state index is 0.152. The summed E-state index contributed by atoms with van der Waals surface area (Å²) in [5, 5.41) is 7.57. The molecule has 0 aliphatic heterocycles. The zero-order chi connectivity index (χ0) is 11.5.